The van der Waals surface area contributed by atoms with E-state index in [2.05, 4.69) is 105 Å². The van der Waals surface area contributed by atoms with Crippen LogP contribution in [-0.2, 0) is 33.9 Å². The van der Waals surface area contributed by atoms with Gasteiger partial charge in [-0.15, -0.1) is 59.3 Å². The fourth-order valence-corrected chi connectivity index (χ4v) is 8.60. The summed E-state index contributed by atoms with van der Waals surface area (Å²) in [7, 11) is 0. The summed E-state index contributed by atoms with van der Waals surface area (Å²) in [5, 5.41) is 7.15. The van der Waals surface area contributed by atoms with Gasteiger partial charge in [-0.05, 0) is 75.3 Å². The van der Waals surface area contributed by atoms with Gasteiger partial charge in [0.05, 0.1) is 22.7 Å². The standard InChI is InChI=1S/C42H38N6.Pt/c1-27-15-19-37-33(25-27)29-11-3-5-13-31(29)39-43-35(41(47(37)39)45-21-7-8-22-45)17-18-36-42(46-23-9-10-24-46)48-38-20-16-28(2)26-34(38)30-12-4-6-14-32(30)40(48)44-36;/h3-6,11-12,15-16,19-20,25-26H,7-10,17-18,21-24H2,1-2H3;/q-2;+2. The number of anilines is 2. The van der Waals surface area contributed by atoms with E-state index >= 15 is 0 Å². The number of hydrogen-bond acceptors (Lipinski definition) is 4. The summed E-state index contributed by atoms with van der Waals surface area (Å²) in [6, 6.07) is 33.6. The minimum absolute atomic E-state index is 0. The normalized spacial score (nSPS) is 15.2. The van der Waals surface area contributed by atoms with Crippen molar-refractivity contribution in [1.82, 2.24) is 18.8 Å². The molecule has 10 rings (SSSR count). The van der Waals surface area contributed by atoms with Crippen LogP contribution in [0.25, 0.3) is 54.6 Å². The Balaban J connectivity index is 0.00000325. The number of nitrogens with zero attached hydrogens (tertiary/aromatic N) is 6. The van der Waals surface area contributed by atoms with E-state index in [1.165, 1.54) is 81.0 Å². The maximum Gasteiger partial charge on any atom is 2.00 e. The molecule has 0 unspecified atom stereocenters. The topological polar surface area (TPSA) is 41.1 Å². The predicted molar refractivity (Wildman–Crippen MR) is 198 cm³/mol. The summed E-state index contributed by atoms with van der Waals surface area (Å²) >= 11 is 0. The van der Waals surface area contributed by atoms with Crippen LogP contribution < -0.4 is 9.80 Å². The van der Waals surface area contributed by atoms with Crippen LogP contribution in [0.1, 0.15) is 48.2 Å². The fourth-order valence-electron chi connectivity index (χ4n) is 8.60. The van der Waals surface area contributed by atoms with E-state index in [9.17, 15) is 0 Å². The third-order valence-electron chi connectivity index (χ3n) is 10.8. The van der Waals surface area contributed by atoms with Gasteiger partial charge in [0, 0.05) is 37.2 Å². The van der Waals surface area contributed by atoms with E-state index in [1.54, 1.807) is 0 Å². The van der Waals surface area contributed by atoms with E-state index < -0.39 is 0 Å². The van der Waals surface area contributed by atoms with Crippen molar-refractivity contribution in [3.8, 4) is 0 Å². The first-order valence-electron chi connectivity index (χ1n) is 17.6. The molecule has 8 aromatic rings. The number of aromatic nitrogens is 4. The Morgan fingerprint density at radius 2 is 1.00 bits per heavy atom. The zero-order valence-corrected chi connectivity index (χ0v) is 30.3. The number of rotatable bonds is 5. The van der Waals surface area contributed by atoms with E-state index in [1.807, 2.05) is 12.1 Å². The van der Waals surface area contributed by atoms with Gasteiger partial charge in [-0.3, -0.25) is 9.97 Å². The van der Waals surface area contributed by atoms with Crippen molar-refractivity contribution < 1.29 is 21.1 Å². The third kappa shape index (κ3) is 4.70. The molecule has 0 atom stereocenters. The molecule has 6 nitrogen and oxygen atoms in total. The summed E-state index contributed by atoms with van der Waals surface area (Å²) < 4.78 is 4.88. The van der Waals surface area contributed by atoms with Crippen LogP contribution in [0.15, 0.2) is 72.8 Å². The number of imidazole rings is 2. The smallest absolute Gasteiger partial charge is 0.357 e. The van der Waals surface area contributed by atoms with Crippen molar-refractivity contribution in [1.29, 1.82) is 0 Å². The van der Waals surface area contributed by atoms with Crippen molar-refractivity contribution in [3.05, 3.63) is 107 Å². The quantitative estimate of drug-likeness (QED) is 0.129. The van der Waals surface area contributed by atoms with Gasteiger partial charge in [0.1, 0.15) is 11.6 Å². The molecular weight excluding hydrogens is 784 g/mol. The molecule has 7 heteroatoms. The Labute approximate surface area is 300 Å². The van der Waals surface area contributed by atoms with Crippen molar-refractivity contribution in [2.45, 2.75) is 52.4 Å². The van der Waals surface area contributed by atoms with Gasteiger partial charge >= 0.3 is 21.1 Å². The second-order valence-corrected chi connectivity index (χ2v) is 13.9. The zero-order chi connectivity index (χ0) is 31.9. The molecule has 0 N–H and O–H groups in total. The molecular formula is C42H38N6Pt. The maximum absolute atomic E-state index is 5.50. The third-order valence-corrected chi connectivity index (χ3v) is 10.8. The molecule has 0 amide bonds. The van der Waals surface area contributed by atoms with Crippen LogP contribution in [0.4, 0.5) is 11.6 Å². The van der Waals surface area contributed by atoms with Gasteiger partial charge in [-0.25, -0.2) is 0 Å². The molecule has 4 aromatic heterocycles. The van der Waals surface area contributed by atoms with Gasteiger partial charge in [-0.2, -0.15) is 0 Å². The van der Waals surface area contributed by atoms with E-state index in [0.717, 1.165) is 72.5 Å². The Hall–Kier alpha value is -4.41. The van der Waals surface area contributed by atoms with Crippen molar-refractivity contribution in [3.63, 3.8) is 0 Å². The Bertz CT molecular complexity index is 2390. The SMILES string of the molecule is Cc1ccc2c(c1)c1ccc[c-]c1c1nc(CCc3nc4c5[c-]cccc5c5cc(C)ccc5n4c3N3CCCC3)c(N3CCCC3)n21.[Pt+2]. The molecule has 2 aliphatic heterocycles. The van der Waals surface area contributed by atoms with E-state index in [0.29, 0.717) is 0 Å². The molecule has 0 radical (unpaired) electrons. The molecule has 49 heavy (non-hydrogen) atoms. The average molecular weight is 822 g/mol. The summed E-state index contributed by atoms with van der Waals surface area (Å²) in [5.41, 5.74) is 9.31. The van der Waals surface area contributed by atoms with Crippen molar-refractivity contribution in [2.75, 3.05) is 36.0 Å². The maximum atomic E-state index is 5.50. The molecule has 0 spiro atoms. The number of fused-ring (bicyclic) bond motifs is 12. The molecule has 2 aliphatic rings. The number of pyridine rings is 2. The van der Waals surface area contributed by atoms with Crippen LogP contribution in [0.3, 0.4) is 0 Å². The van der Waals surface area contributed by atoms with Gasteiger partial charge in [-0.1, -0.05) is 46.2 Å². The first kappa shape index (κ1) is 30.6. The van der Waals surface area contributed by atoms with E-state index in [-0.39, 0.29) is 21.1 Å². The first-order valence-corrected chi connectivity index (χ1v) is 17.6. The summed E-state index contributed by atoms with van der Waals surface area (Å²) in [6.45, 7) is 8.61. The minimum Gasteiger partial charge on any atom is -0.357 e. The first-order chi connectivity index (χ1) is 23.6. The van der Waals surface area contributed by atoms with Crippen LogP contribution in [0.5, 0.6) is 0 Å². The van der Waals surface area contributed by atoms with Crippen molar-refractivity contribution >= 4 is 66.3 Å². The number of benzene rings is 4. The van der Waals surface area contributed by atoms with Crippen LogP contribution in [0, 0.1) is 26.0 Å². The molecule has 246 valence electrons. The molecule has 0 aliphatic carbocycles. The molecule has 2 saturated heterocycles. The second-order valence-electron chi connectivity index (χ2n) is 13.9. The largest absolute Gasteiger partial charge is 2.00 e. The fraction of sp³-hybridized carbons (Fsp3) is 0.286. The second kappa shape index (κ2) is 11.9. The molecule has 4 aromatic carbocycles. The number of hydrogen-bond donors (Lipinski definition) is 0. The van der Waals surface area contributed by atoms with Crippen LogP contribution in [-0.4, -0.2) is 44.9 Å². The summed E-state index contributed by atoms with van der Waals surface area (Å²) in [6.07, 6.45) is 6.49. The van der Waals surface area contributed by atoms with Gasteiger partial charge in [0.2, 0.25) is 0 Å². The Kier molecular flexibility index (Phi) is 7.42. The van der Waals surface area contributed by atoms with Crippen LogP contribution in [0.2, 0.25) is 0 Å². The Morgan fingerprint density at radius 3 is 1.43 bits per heavy atom. The van der Waals surface area contributed by atoms with Crippen LogP contribution >= 0.6 is 0 Å². The molecule has 6 heterocycles. The molecule has 0 bridgehead atoms. The van der Waals surface area contributed by atoms with Gasteiger partial charge in [0.25, 0.3) is 0 Å². The summed E-state index contributed by atoms with van der Waals surface area (Å²) in [5.74, 6) is 2.50. The molecule has 0 saturated carbocycles. The van der Waals surface area contributed by atoms with Gasteiger partial charge < -0.3 is 18.6 Å². The van der Waals surface area contributed by atoms with Gasteiger partial charge in [0.15, 0.2) is 0 Å². The predicted octanol–water partition coefficient (Wildman–Crippen LogP) is 8.80. The molecule has 2 fully saturated rings. The summed E-state index contributed by atoms with van der Waals surface area (Å²) in [4.78, 5) is 16.2. The monoisotopic (exact) mass is 821 g/mol. The van der Waals surface area contributed by atoms with E-state index in [4.69, 9.17) is 9.97 Å². The minimum atomic E-state index is 0. The Morgan fingerprint density at radius 1 is 0.571 bits per heavy atom. The average Bonchev–Trinajstić information content (AvgIpc) is 3.93. The van der Waals surface area contributed by atoms with Crippen molar-refractivity contribution in [2.24, 2.45) is 0 Å². The zero-order valence-electron chi connectivity index (χ0n) is 28.0. The number of aryl methyl sites for hydroxylation is 4.